The van der Waals surface area contributed by atoms with E-state index in [9.17, 15) is 0 Å². The highest BCUT2D eigenvalue weighted by molar-refractivity contribution is 6.60. The van der Waals surface area contributed by atoms with Crippen LogP contribution in [0.4, 0.5) is 0 Å². The molecular weight excluding hydrogens is 236 g/mol. The molecule has 1 radical (unpaired) electrons. The van der Waals surface area contributed by atoms with E-state index in [0.29, 0.717) is 26.4 Å². The second-order valence-corrected chi connectivity index (χ2v) is 6.50. The van der Waals surface area contributed by atoms with E-state index in [1.165, 1.54) is 0 Å². The lowest BCUT2D eigenvalue weighted by Crippen LogP contribution is -2.46. The monoisotopic (exact) mass is 263 g/mol. The third-order valence-corrected chi connectivity index (χ3v) is 5.27. The molecule has 0 aromatic rings. The van der Waals surface area contributed by atoms with E-state index in [-0.39, 0.29) is 6.10 Å². The Morgan fingerprint density at radius 1 is 1.00 bits per heavy atom. The molecule has 0 saturated heterocycles. The highest BCUT2D eigenvalue weighted by Crippen LogP contribution is 2.18. The molecule has 103 valence electrons. The third kappa shape index (κ3) is 7.89. The number of hydrogen-bond acceptors (Lipinski definition) is 4. The zero-order valence-corrected chi connectivity index (χ0v) is 12.7. The van der Waals surface area contributed by atoms with Crippen molar-refractivity contribution in [2.24, 2.45) is 0 Å². The van der Waals surface area contributed by atoms with Gasteiger partial charge >= 0.3 is 8.80 Å². The Morgan fingerprint density at radius 2 is 1.47 bits per heavy atom. The number of hydrogen-bond donors (Lipinski definition) is 0. The molecule has 0 aliphatic carbocycles. The smallest absolute Gasteiger partial charge is 0.379 e. The summed E-state index contributed by atoms with van der Waals surface area (Å²) >= 11 is 0. The van der Waals surface area contributed by atoms with Gasteiger partial charge in [-0.15, -0.1) is 0 Å². The van der Waals surface area contributed by atoms with Gasteiger partial charge in [-0.25, -0.2) is 0 Å². The average Bonchev–Trinajstić information content (AvgIpc) is 2.25. The van der Waals surface area contributed by atoms with Gasteiger partial charge in [0.05, 0.1) is 6.10 Å². The molecule has 0 aromatic heterocycles. The van der Waals surface area contributed by atoms with E-state index in [1.54, 1.807) is 0 Å². The molecule has 4 nitrogen and oxygen atoms in total. The van der Waals surface area contributed by atoms with Crippen molar-refractivity contribution in [1.82, 2.24) is 0 Å². The highest BCUT2D eigenvalue weighted by atomic mass is 28.4. The topological polar surface area (TPSA) is 36.9 Å². The van der Waals surface area contributed by atoms with Crippen molar-refractivity contribution >= 4 is 8.80 Å². The predicted octanol–water partition coefficient (Wildman–Crippen LogP) is 2.66. The summed E-state index contributed by atoms with van der Waals surface area (Å²) in [6.07, 6.45) is 0.906. The summed E-state index contributed by atoms with van der Waals surface area (Å²) in [4.78, 5) is 0. The Labute approximate surface area is 107 Å². The molecule has 5 heteroatoms. The SMILES string of the molecule is [CH2]C(C)OCCC[Si](OCC)(OCC)OCC. The van der Waals surface area contributed by atoms with Crippen LogP contribution in [0.3, 0.4) is 0 Å². The summed E-state index contributed by atoms with van der Waals surface area (Å²) in [6, 6.07) is 0.801. The maximum atomic E-state index is 5.74. The molecule has 0 aliphatic rings. The van der Waals surface area contributed by atoms with Crippen LogP contribution in [0.1, 0.15) is 34.1 Å². The molecule has 1 atom stereocenters. The van der Waals surface area contributed by atoms with Crippen LogP contribution >= 0.6 is 0 Å². The minimum Gasteiger partial charge on any atom is -0.379 e. The quantitative estimate of drug-likeness (QED) is 0.424. The van der Waals surface area contributed by atoms with Crippen LogP contribution in [0, 0.1) is 6.92 Å². The lowest BCUT2D eigenvalue weighted by atomic mass is 10.4. The molecule has 0 spiro atoms. The first-order valence-electron chi connectivity index (χ1n) is 6.46. The summed E-state index contributed by atoms with van der Waals surface area (Å²) in [5.74, 6) is 0. The Balaban J connectivity index is 4.14. The van der Waals surface area contributed by atoms with Gasteiger partial charge in [0.1, 0.15) is 0 Å². The van der Waals surface area contributed by atoms with Crippen molar-refractivity contribution in [2.75, 3.05) is 26.4 Å². The third-order valence-electron chi connectivity index (χ3n) is 2.12. The summed E-state index contributed by atoms with van der Waals surface area (Å²) in [7, 11) is -2.47. The van der Waals surface area contributed by atoms with Gasteiger partial charge in [-0.1, -0.05) is 0 Å². The van der Waals surface area contributed by atoms with Crippen LogP contribution in [-0.2, 0) is 18.0 Å². The molecule has 17 heavy (non-hydrogen) atoms. The van der Waals surface area contributed by atoms with Crippen LogP contribution in [0.2, 0.25) is 6.04 Å². The van der Waals surface area contributed by atoms with Gasteiger partial charge in [0, 0.05) is 32.5 Å². The van der Waals surface area contributed by atoms with Crippen LogP contribution in [-0.4, -0.2) is 41.3 Å². The summed E-state index contributed by atoms with van der Waals surface area (Å²) in [5.41, 5.74) is 0. The van der Waals surface area contributed by atoms with Crippen molar-refractivity contribution in [1.29, 1.82) is 0 Å². The fourth-order valence-electron chi connectivity index (χ4n) is 1.57. The molecule has 0 saturated carbocycles. The number of rotatable bonds is 11. The normalized spacial score (nSPS) is 12.4. The minimum atomic E-state index is -2.47. The molecule has 0 amide bonds. The highest BCUT2D eigenvalue weighted by Gasteiger charge is 2.39. The van der Waals surface area contributed by atoms with Crippen molar-refractivity contribution in [3.63, 3.8) is 0 Å². The first-order valence-corrected chi connectivity index (χ1v) is 8.40. The molecule has 0 aromatic carbocycles. The van der Waals surface area contributed by atoms with Gasteiger partial charge in [0.2, 0.25) is 0 Å². The van der Waals surface area contributed by atoms with E-state index in [2.05, 4.69) is 6.92 Å². The van der Waals surface area contributed by atoms with Gasteiger partial charge in [-0.3, -0.25) is 0 Å². The molecule has 0 fully saturated rings. The molecule has 0 aliphatic heterocycles. The predicted molar refractivity (Wildman–Crippen MR) is 70.8 cm³/mol. The van der Waals surface area contributed by atoms with E-state index >= 15 is 0 Å². The van der Waals surface area contributed by atoms with Crippen molar-refractivity contribution < 1.29 is 18.0 Å². The van der Waals surface area contributed by atoms with Crippen molar-refractivity contribution in [3.05, 3.63) is 6.92 Å². The Kier molecular flexibility index (Phi) is 10.1. The van der Waals surface area contributed by atoms with Crippen LogP contribution in [0.5, 0.6) is 0 Å². The molecule has 0 N–H and O–H groups in total. The number of ether oxygens (including phenoxy) is 1. The maximum absolute atomic E-state index is 5.74. The lowest BCUT2D eigenvalue weighted by Gasteiger charge is -2.28. The summed E-state index contributed by atoms with van der Waals surface area (Å²) in [6.45, 7) is 14.2. The van der Waals surface area contributed by atoms with Crippen LogP contribution < -0.4 is 0 Å². The summed E-state index contributed by atoms with van der Waals surface area (Å²) < 4.78 is 22.6. The van der Waals surface area contributed by atoms with Gasteiger partial charge in [0.15, 0.2) is 0 Å². The largest absolute Gasteiger partial charge is 0.501 e. The zero-order valence-electron chi connectivity index (χ0n) is 11.7. The Morgan fingerprint density at radius 3 is 1.82 bits per heavy atom. The van der Waals surface area contributed by atoms with E-state index in [1.807, 2.05) is 27.7 Å². The molecule has 1 unspecified atom stereocenters. The second-order valence-electron chi connectivity index (χ2n) is 3.77. The van der Waals surface area contributed by atoms with Gasteiger partial charge < -0.3 is 18.0 Å². The standard InChI is InChI=1S/C12H27O4Si/c1-6-14-17(15-7-2,16-8-3)11-9-10-13-12(4)5/h12H,4,6-11H2,1-3,5H3. The first-order chi connectivity index (χ1) is 8.10. The average molecular weight is 263 g/mol. The Hall–Kier alpha value is 0.0569. The molecule has 0 rings (SSSR count). The van der Waals surface area contributed by atoms with Gasteiger partial charge in [0.25, 0.3) is 0 Å². The van der Waals surface area contributed by atoms with Gasteiger partial charge in [-0.2, -0.15) is 0 Å². The fourth-order valence-corrected chi connectivity index (χ4v) is 4.15. The molecule has 0 heterocycles. The minimum absolute atomic E-state index is 0.0253. The fraction of sp³-hybridized carbons (Fsp3) is 0.917. The van der Waals surface area contributed by atoms with E-state index in [4.69, 9.17) is 18.0 Å². The van der Waals surface area contributed by atoms with Crippen molar-refractivity contribution in [3.8, 4) is 0 Å². The lowest BCUT2D eigenvalue weighted by molar-refractivity contribution is 0.0611. The molecule has 0 bridgehead atoms. The van der Waals surface area contributed by atoms with Crippen molar-refractivity contribution in [2.45, 2.75) is 46.3 Å². The van der Waals surface area contributed by atoms with E-state index in [0.717, 1.165) is 12.5 Å². The van der Waals surface area contributed by atoms with Crippen LogP contribution in [0.25, 0.3) is 0 Å². The molecular formula is C12H27O4Si. The first kappa shape index (κ1) is 17.1. The maximum Gasteiger partial charge on any atom is 0.501 e. The second kappa shape index (κ2) is 10.0. The zero-order chi connectivity index (χ0) is 13.1. The summed E-state index contributed by atoms with van der Waals surface area (Å²) in [5, 5.41) is 0. The van der Waals surface area contributed by atoms with Crippen LogP contribution in [0.15, 0.2) is 0 Å². The van der Waals surface area contributed by atoms with Gasteiger partial charge in [-0.05, 0) is 41.0 Å². The Bertz CT molecular complexity index is 159. The van der Waals surface area contributed by atoms with E-state index < -0.39 is 8.80 Å².